The molecule has 2 unspecified atom stereocenters. The molecule has 0 spiro atoms. The smallest absolute Gasteiger partial charge is 0.220 e. The molecule has 0 rings (SSSR count). The summed E-state index contributed by atoms with van der Waals surface area (Å²) in [5.41, 5.74) is 0. The van der Waals surface area contributed by atoms with E-state index in [9.17, 15) is 15.0 Å². The van der Waals surface area contributed by atoms with Crippen molar-refractivity contribution in [3.63, 3.8) is 0 Å². The van der Waals surface area contributed by atoms with E-state index in [0.29, 0.717) is 6.42 Å². The Hall–Kier alpha value is -1.39. The standard InChI is InChI=1S/C31H57NO3/c1-3-5-7-9-10-11-12-13-14-15-16-17-18-19-20-21-23-24-26-30(34)29(28-33)32-31(35)27-25-22-8-6-4-2/h15-16,19-20,24,26,29-30,33-34H,3-14,17-18,21-23,25,27-28H2,1-2H3,(H,32,35)/b16-15+,20-19+,26-24+. The van der Waals surface area contributed by atoms with Crippen LogP contribution in [-0.2, 0) is 4.79 Å². The highest BCUT2D eigenvalue weighted by atomic mass is 16.3. The van der Waals surface area contributed by atoms with Crippen molar-refractivity contribution < 1.29 is 15.0 Å². The van der Waals surface area contributed by atoms with Gasteiger partial charge in [0, 0.05) is 6.42 Å². The Morgan fingerprint density at radius 1 is 0.657 bits per heavy atom. The minimum absolute atomic E-state index is 0.0946. The summed E-state index contributed by atoms with van der Waals surface area (Å²) in [7, 11) is 0. The minimum Gasteiger partial charge on any atom is -0.394 e. The molecule has 0 heterocycles. The summed E-state index contributed by atoms with van der Waals surface area (Å²) in [4.78, 5) is 12.0. The molecular weight excluding hydrogens is 434 g/mol. The molecule has 0 saturated carbocycles. The van der Waals surface area contributed by atoms with Crippen molar-refractivity contribution in [3.8, 4) is 0 Å². The number of hydrogen-bond acceptors (Lipinski definition) is 3. The quantitative estimate of drug-likeness (QED) is 0.0896. The summed E-state index contributed by atoms with van der Waals surface area (Å²) < 4.78 is 0. The monoisotopic (exact) mass is 491 g/mol. The molecule has 0 aromatic heterocycles. The van der Waals surface area contributed by atoms with E-state index in [-0.39, 0.29) is 12.5 Å². The van der Waals surface area contributed by atoms with Crippen molar-refractivity contribution in [2.24, 2.45) is 0 Å². The maximum Gasteiger partial charge on any atom is 0.220 e. The van der Waals surface area contributed by atoms with Crippen LogP contribution in [0, 0.1) is 0 Å². The minimum atomic E-state index is -0.862. The molecule has 0 saturated heterocycles. The van der Waals surface area contributed by atoms with Crippen molar-refractivity contribution in [2.45, 2.75) is 148 Å². The lowest BCUT2D eigenvalue weighted by molar-refractivity contribution is -0.123. The Bertz CT molecular complexity index is 541. The fourth-order valence-corrected chi connectivity index (χ4v) is 4.03. The van der Waals surface area contributed by atoms with E-state index in [2.05, 4.69) is 43.5 Å². The van der Waals surface area contributed by atoms with Crippen LogP contribution in [0.1, 0.15) is 136 Å². The highest BCUT2D eigenvalue weighted by Crippen LogP contribution is 2.10. The number of aliphatic hydroxyl groups is 2. The van der Waals surface area contributed by atoms with E-state index >= 15 is 0 Å². The van der Waals surface area contributed by atoms with Gasteiger partial charge in [0.15, 0.2) is 0 Å². The molecule has 0 aromatic rings. The maximum atomic E-state index is 12.0. The van der Waals surface area contributed by atoms with Gasteiger partial charge in [-0.05, 0) is 44.9 Å². The zero-order chi connectivity index (χ0) is 25.8. The molecule has 4 heteroatoms. The Labute approximate surface area is 217 Å². The van der Waals surface area contributed by atoms with Crippen LogP contribution in [0.4, 0.5) is 0 Å². The van der Waals surface area contributed by atoms with Gasteiger partial charge in [-0.3, -0.25) is 4.79 Å². The Morgan fingerprint density at radius 3 is 1.66 bits per heavy atom. The number of nitrogens with one attached hydrogen (secondary N) is 1. The van der Waals surface area contributed by atoms with Crippen LogP contribution in [0.15, 0.2) is 36.5 Å². The summed E-state index contributed by atoms with van der Waals surface area (Å²) in [6.07, 6.45) is 33.9. The van der Waals surface area contributed by atoms with Crippen LogP contribution in [0.3, 0.4) is 0 Å². The number of aliphatic hydroxyl groups excluding tert-OH is 2. The molecule has 3 N–H and O–H groups in total. The third kappa shape index (κ3) is 24.1. The molecule has 0 bridgehead atoms. The van der Waals surface area contributed by atoms with E-state index in [0.717, 1.165) is 44.9 Å². The Balaban J connectivity index is 3.73. The molecule has 4 nitrogen and oxygen atoms in total. The topological polar surface area (TPSA) is 69.6 Å². The largest absolute Gasteiger partial charge is 0.394 e. The van der Waals surface area contributed by atoms with Crippen LogP contribution in [0.5, 0.6) is 0 Å². The summed E-state index contributed by atoms with van der Waals surface area (Å²) in [5, 5.41) is 22.5. The first-order valence-corrected chi connectivity index (χ1v) is 14.7. The first kappa shape index (κ1) is 33.6. The second kappa shape index (κ2) is 27.2. The predicted octanol–water partition coefficient (Wildman–Crippen LogP) is 7.94. The highest BCUT2D eigenvalue weighted by molar-refractivity contribution is 5.76. The first-order valence-electron chi connectivity index (χ1n) is 14.7. The third-order valence-corrected chi connectivity index (χ3v) is 6.35. The summed E-state index contributed by atoms with van der Waals surface area (Å²) in [6.45, 7) is 4.17. The molecular formula is C31H57NO3. The van der Waals surface area contributed by atoms with Gasteiger partial charge in [-0.15, -0.1) is 0 Å². The second-order valence-corrected chi connectivity index (χ2v) is 9.80. The average Bonchev–Trinajstić information content (AvgIpc) is 2.86. The number of hydrogen-bond donors (Lipinski definition) is 3. The van der Waals surface area contributed by atoms with E-state index < -0.39 is 12.1 Å². The molecule has 1 amide bonds. The number of rotatable bonds is 25. The second-order valence-electron chi connectivity index (χ2n) is 9.80. The van der Waals surface area contributed by atoms with Gasteiger partial charge in [0.2, 0.25) is 5.91 Å². The summed E-state index contributed by atoms with van der Waals surface area (Å²) in [5.74, 6) is -0.0946. The lowest BCUT2D eigenvalue weighted by Gasteiger charge is -2.19. The summed E-state index contributed by atoms with van der Waals surface area (Å²) in [6, 6.07) is -0.637. The third-order valence-electron chi connectivity index (χ3n) is 6.35. The van der Waals surface area contributed by atoms with Crippen LogP contribution >= 0.6 is 0 Å². The van der Waals surface area contributed by atoms with Crippen molar-refractivity contribution in [1.29, 1.82) is 0 Å². The molecule has 2 atom stereocenters. The number of unbranched alkanes of at least 4 members (excludes halogenated alkanes) is 14. The van der Waals surface area contributed by atoms with Crippen LogP contribution in [0.25, 0.3) is 0 Å². The number of carbonyl (C=O) groups is 1. The van der Waals surface area contributed by atoms with Crippen molar-refractivity contribution in [3.05, 3.63) is 36.5 Å². The zero-order valence-corrected chi connectivity index (χ0v) is 23.1. The maximum absolute atomic E-state index is 12.0. The molecule has 0 aliphatic heterocycles. The van der Waals surface area contributed by atoms with Gasteiger partial charge in [0.1, 0.15) is 0 Å². The predicted molar refractivity (Wildman–Crippen MR) is 152 cm³/mol. The van der Waals surface area contributed by atoms with Crippen LogP contribution in [-0.4, -0.2) is 34.9 Å². The van der Waals surface area contributed by atoms with E-state index in [1.165, 1.54) is 70.6 Å². The van der Waals surface area contributed by atoms with Gasteiger partial charge < -0.3 is 15.5 Å². The SMILES string of the molecule is CCCCCCCCCC/C=C/CC/C=C/CC/C=C/C(O)C(CO)NC(=O)CCCCCCC. The highest BCUT2D eigenvalue weighted by Gasteiger charge is 2.17. The van der Waals surface area contributed by atoms with Crippen molar-refractivity contribution in [2.75, 3.05) is 6.61 Å². The van der Waals surface area contributed by atoms with Gasteiger partial charge in [-0.2, -0.15) is 0 Å². The van der Waals surface area contributed by atoms with E-state index in [1.807, 2.05) is 6.08 Å². The number of allylic oxidation sites excluding steroid dienone is 5. The van der Waals surface area contributed by atoms with Gasteiger partial charge in [0.05, 0.1) is 18.8 Å². The number of carbonyl (C=O) groups excluding carboxylic acids is 1. The molecule has 0 aromatic carbocycles. The van der Waals surface area contributed by atoms with Gasteiger partial charge >= 0.3 is 0 Å². The van der Waals surface area contributed by atoms with Gasteiger partial charge in [0.25, 0.3) is 0 Å². The molecule has 0 aliphatic rings. The molecule has 204 valence electrons. The average molecular weight is 492 g/mol. The molecule has 0 fully saturated rings. The van der Waals surface area contributed by atoms with Gasteiger partial charge in [-0.1, -0.05) is 121 Å². The van der Waals surface area contributed by atoms with E-state index in [4.69, 9.17) is 0 Å². The number of amides is 1. The Morgan fingerprint density at radius 2 is 1.11 bits per heavy atom. The van der Waals surface area contributed by atoms with Crippen molar-refractivity contribution >= 4 is 5.91 Å². The molecule has 35 heavy (non-hydrogen) atoms. The fraction of sp³-hybridized carbons (Fsp3) is 0.774. The molecule has 0 radical (unpaired) electrons. The lowest BCUT2D eigenvalue weighted by atomic mass is 10.1. The zero-order valence-electron chi connectivity index (χ0n) is 23.1. The Kier molecular flexibility index (Phi) is 26.1. The fourth-order valence-electron chi connectivity index (χ4n) is 4.03. The van der Waals surface area contributed by atoms with Crippen LogP contribution in [0.2, 0.25) is 0 Å². The van der Waals surface area contributed by atoms with Crippen LogP contribution < -0.4 is 5.32 Å². The summed E-state index contributed by atoms with van der Waals surface area (Å²) >= 11 is 0. The van der Waals surface area contributed by atoms with Gasteiger partial charge in [-0.25, -0.2) is 0 Å². The first-order chi connectivity index (χ1) is 17.2. The molecule has 0 aliphatic carbocycles. The van der Waals surface area contributed by atoms with E-state index in [1.54, 1.807) is 6.08 Å². The van der Waals surface area contributed by atoms with Crippen molar-refractivity contribution in [1.82, 2.24) is 5.32 Å². The normalized spacial score (nSPS) is 13.8. The lowest BCUT2D eigenvalue weighted by Crippen LogP contribution is -2.45.